The first-order valence-corrected chi connectivity index (χ1v) is 6.19. The van der Waals surface area contributed by atoms with E-state index in [9.17, 15) is 5.26 Å². The van der Waals surface area contributed by atoms with Crippen molar-refractivity contribution in [3.63, 3.8) is 0 Å². The van der Waals surface area contributed by atoms with E-state index in [0.29, 0.717) is 0 Å². The molecule has 0 saturated heterocycles. The van der Waals surface area contributed by atoms with Gasteiger partial charge in [-0.2, -0.15) is 5.26 Å². The van der Waals surface area contributed by atoms with Gasteiger partial charge in [-0.05, 0) is 37.8 Å². The molecule has 16 heavy (non-hydrogen) atoms. The fourth-order valence-electron chi connectivity index (χ4n) is 2.23. The maximum atomic E-state index is 9.40. The highest BCUT2D eigenvalue weighted by Crippen LogP contribution is 2.50. The lowest BCUT2D eigenvalue weighted by molar-refractivity contribution is 0.305. The van der Waals surface area contributed by atoms with Crippen molar-refractivity contribution in [2.24, 2.45) is 0 Å². The molecule has 0 bridgehead atoms. The van der Waals surface area contributed by atoms with Crippen molar-refractivity contribution in [2.75, 3.05) is 7.11 Å². The fraction of sp³-hybridized carbons (Fsp3) is 0.462. The van der Waals surface area contributed by atoms with E-state index in [0.717, 1.165) is 40.6 Å². The van der Waals surface area contributed by atoms with Gasteiger partial charge in [-0.3, -0.25) is 0 Å². The Hall–Kier alpha value is -1.01. The summed E-state index contributed by atoms with van der Waals surface area (Å²) in [5.41, 5.74) is 1.84. The summed E-state index contributed by atoms with van der Waals surface area (Å²) in [6.07, 6.45) is 2.99. The number of ether oxygens (including phenoxy) is 1. The zero-order valence-corrected chi connectivity index (χ0v) is 11.1. The van der Waals surface area contributed by atoms with Gasteiger partial charge in [-0.15, -0.1) is 0 Å². The van der Waals surface area contributed by atoms with Crippen LogP contribution in [0, 0.1) is 18.3 Å². The minimum atomic E-state index is -0.337. The predicted octanol–water partition coefficient (Wildman–Crippen LogP) is 3.71. The van der Waals surface area contributed by atoms with Gasteiger partial charge in [0.15, 0.2) is 0 Å². The quantitative estimate of drug-likeness (QED) is 0.827. The topological polar surface area (TPSA) is 33.0 Å². The molecule has 0 heterocycles. The molecule has 1 aliphatic carbocycles. The van der Waals surface area contributed by atoms with E-state index in [1.165, 1.54) is 0 Å². The fourth-order valence-corrected chi connectivity index (χ4v) is 2.93. The Kier molecular flexibility index (Phi) is 2.94. The van der Waals surface area contributed by atoms with Gasteiger partial charge in [0.05, 0.1) is 18.6 Å². The Labute approximate surface area is 104 Å². The van der Waals surface area contributed by atoms with Crippen LogP contribution in [0.5, 0.6) is 5.75 Å². The number of halogens is 1. The van der Waals surface area contributed by atoms with Gasteiger partial charge in [-0.1, -0.05) is 22.0 Å². The predicted molar refractivity (Wildman–Crippen MR) is 66.6 cm³/mol. The Morgan fingerprint density at radius 1 is 1.44 bits per heavy atom. The van der Waals surface area contributed by atoms with E-state index < -0.39 is 0 Å². The SMILES string of the molecule is COc1ccc(C)c(Br)c1C1(C#N)CCC1. The highest BCUT2D eigenvalue weighted by atomic mass is 79.9. The Morgan fingerprint density at radius 2 is 2.12 bits per heavy atom. The summed E-state index contributed by atoms with van der Waals surface area (Å²) in [4.78, 5) is 0. The average Bonchev–Trinajstić information content (AvgIpc) is 2.23. The molecular weight excluding hydrogens is 266 g/mol. The summed E-state index contributed by atoms with van der Waals surface area (Å²) in [6.45, 7) is 2.04. The number of benzene rings is 1. The van der Waals surface area contributed by atoms with Gasteiger partial charge < -0.3 is 4.74 Å². The second kappa shape index (κ2) is 4.10. The first-order chi connectivity index (χ1) is 7.64. The van der Waals surface area contributed by atoms with Crippen molar-refractivity contribution in [1.82, 2.24) is 0 Å². The number of rotatable bonds is 2. The molecule has 3 heteroatoms. The van der Waals surface area contributed by atoms with Crippen molar-refractivity contribution in [3.05, 3.63) is 27.7 Å². The van der Waals surface area contributed by atoms with Crippen LogP contribution >= 0.6 is 15.9 Å². The van der Waals surface area contributed by atoms with Crippen LogP contribution in [-0.4, -0.2) is 7.11 Å². The maximum Gasteiger partial charge on any atom is 0.124 e. The molecule has 84 valence electrons. The maximum absolute atomic E-state index is 9.40. The van der Waals surface area contributed by atoms with Crippen LogP contribution in [0.25, 0.3) is 0 Å². The summed E-state index contributed by atoms with van der Waals surface area (Å²) in [7, 11) is 1.66. The molecule has 1 aromatic carbocycles. The van der Waals surface area contributed by atoms with E-state index in [4.69, 9.17) is 4.74 Å². The summed E-state index contributed by atoms with van der Waals surface area (Å²) < 4.78 is 6.41. The van der Waals surface area contributed by atoms with Gasteiger partial charge in [0.1, 0.15) is 5.75 Å². The number of nitriles is 1. The number of aryl methyl sites for hydroxylation is 1. The molecule has 2 rings (SSSR count). The molecule has 1 fully saturated rings. The van der Waals surface area contributed by atoms with Gasteiger partial charge in [0, 0.05) is 10.0 Å². The molecule has 1 saturated carbocycles. The van der Waals surface area contributed by atoms with Crippen molar-refractivity contribution in [1.29, 1.82) is 5.26 Å². The van der Waals surface area contributed by atoms with Crippen molar-refractivity contribution >= 4 is 15.9 Å². The lowest BCUT2D eigenvalue weighted by Gasteiger charge is -2.37. The summed E-state index contributed by atoms with van der Waals surface area (Å²) >= 11 is 3.59. The number of nitrogens with zero attached hydrogens (tertiary/aromatic N) is 1. The molecule has 0 N–H and O–H groups in total. The molecule has 0 amide bonds. The van der Waals surface area contributed by atoms with Crippen LogP contribution in [0.3, 0.4) is 0 Å². The third-order valence-electron chi connectivity index (χ3n) is 3.42. The standard InChI is InChI=1S/C13H14BrNO/c1-9-4-5-10(16-2)11(12(9)14)13(8-15)6-3-7-13/h4-5H,3,6-7H2,1-2H3. The minimum absolute atomic E-state index is 0.337. The molecule has 1 aromatic rings. The van der Waals surface area contributed by atoms with Crippen molar-refractivity contribution in [3.8, 4) is 11.8 Å². The highest BCUT2D eigenvalue weighted by Gasteiger charge is 2.42. The van der Waals surface area contributed by atoms with Gasteiger partial charge >= 0.3 is 0 Å². The van der Waals surface area contributed by atoms with Crippen LogP contribution in [-0.2, 0) is 5.41 Å². The molecule has 0 aliphatic heterocycles. The van der Waals surface area contributed by atoms with Crippen LogP contribution < -0.4 is 4.74 Å². The van der Waals surface area contributed by atoms with Crippen LogP contribution in [0.15, 0.2) is 16.6 Å². The van der Waals surface area contributed by atoms with Crippen molar-refractivity contribution in [2.45, 2.75) is 31.6 Å². The first-order valence-electron chi connectivity index (χ1n) is 5.39. The normalized spacial score (nSPS) is 17.4. The smallest absolute Gasteiger partial charge is 0.124 e. The molecule has 0 aromatic heterocycles. The summed E-state index contributed by atoms with van der Waals surface area (Å²) in [5, 5.41) is 9.40. The van der Waals surface area contributed by atoms with Gasteiger partial charge in [0.2, 0.25) is 0 Å². The third-order valence-corrected chi connectivity index (χ3v) is 4.44. The Balaban J connectivity index is 2.62. The van der Waals surface area contributed by atoms with Crippen LogP contribution in [0.1, 0.15) is 30.4 Å². The van der Waals surface area contributed by atoms with Gasteiger partial charge in [-0.25, -0.2) is 0 Å². The summed E-state index contributed by atoms with van der Waals surface area (Å²) in [6, 6.07) is 6.43. The third kappa shape index (κ3) is 1.53. The van der Waals surface area contributed by atoms with E-state index in [-0.39, 0.29) is 5.41 Å². The van der Waals surface area contributed by atoms with Crippen molar-refractivity contribution < 1.29 is 4.74 Å². The lowest BCUT2D eigenvalue weighted by atomic mass is 9.65. The van der Waals surface area contributed by atoms with E-state index in [2.05, 4.69) is 22.0 Å². The molecule has 0 unspecified atom stereocenters. The number of hydrogen-bond acceptors (Lipinski definition) is 2. The van der Waals surface area contributed by atoms with E-state index >= 15 is 0 Å². The second-order valence-electron chi connectivity index (χ2n) is 4.32. The second-order valence-corrected chi connectivity index (χ2v) is 5.11. The molecule has 0 radical (unpaired) electrons. The van der Waals surface area contributed by atoms with Crippen LogP contribution in [0.2, 0.25) is 0 Å². The number of methoxy groups -OCH3 is 1. The first kappa shape index (κ1) is 11.5. The average molecular weight is 280 g/mol. The zero-order valence-electron chi connectivity index (χ0n) is 9.51. The largest absolute Gasteiger partial charge is 0.496 e. The van der Waals surface area contributed by atoms with Gasteiger partial charge in [0.25, 0.3) is 0 Å². The molecule has 1 aliphatic rings. The monoisotopic (exact) mass is 279 g/mol. The lowest BCUT2D eigenvalue weighted by Crippen LogP contribution is -2.33. The molecular formula is C13H14BrNO. The Bertz CT molecular complexity index is 458. The van der Waals surface area contributed by atoms with Crippen LogP contribution in [0.4, 0.5) is 0 Å². The summed E-state index contributed by atoms with van der Waals surface area (Å²) in [5.74, 6) is 0.818. The minimum Gasteiger partial charge on any atom is -0.496 e. The molecule has 2 nitrogen and oxygen atoms in total. The van der Waals surface area contributed by atoms with E-state index in [1.807, 2.05) is 19.1 Å². The highest BCUT2D eigenvalue weighted by molar-refractivity contribution is 9.10. The van der Waals surface area contributed by atoms with E-state index in [1.54, 1.807) is 7.11 Å². The molecule has 0 spiro atoms. The number of hydrogen-bond donors (Lipinski definition) is 0. The zero-order chi connectivity index (χ0) is 11.8. The Morgan fingerprint density at radius 3 is 2.56 bits per heavy atom. The molecule has 0 atom stereocenters.